The SMILES string of the molecule is CSc1nc(C)c(CCC(=O)NC(C)c2cc(F)ccc2N2CCN(C)CC2)c(C)n1. The molecule has 1 aromatic carbocycles. The van der Waals surface area contributed by atoms with Crippen molar-refractivity contribution in [2.45, 2.75) is 44.8 Å². The van der Waals surface area contributed by atoms with Crippen molar-refractivity contribution in [3.05, 3.63) is 46.5 Å². The van der Waals surface area contributed by atoms with Crippen LogP contribution < -0.4 is 10.2 Å². The number of piperazine rings is 1. The lowest BCUT2D eigenvalue weighted by Gasteiger charge is -2.36. The molecule has 8 heteroatoms. The highest BCUT2D eigenvalue weighted by Crippen LogP contribution is 2.28. The maximum atomic E-state index is 14.0. The third-order valence-corrected chi connectivity index (χ3v) is 6.41. The highest BCUT2D eigenvalue weighted by Gasteiger charge is 2.21. The number of rotatable bonds is 7. The Morgan fingerprint density at radius 3 is 2.45 bits per heavy atom. The van der Waals surface area contributed by atoms with Crippen molar-refractivity contribution in [1.29, 1.82) is 0 Å². The summed E-state index contributed by atoms with van der Waals surface area (Å²) < 4.78 is 14.0. The van der Waals surface area contributed by atoms with Crippen LogP contribution in [0.5, 0.6) is 0 Å². The number of aryl methyl sites for hydroxylation is 2. The topological polar surface area (TPSA) is 61.4 Å². The maximum absolute atomic E-state index is 14.0. The Balaban J connectivity index is 1.67. The molecule has 0 bridgehead atoms. The summed E-state index contributed by atoms with van der Waals surface area (Å²) in [5, 5.41) is 3.81. The Bertz CT molecular complexity index is 907. The molecule has 1 N–H and O–H groups in total. The summed E-state index contributed by atoms with van der Waals surface area (Å²) in [6, 6.07) is 4.59. The van der Waals surface area contributed by atoms with Crippen LogP contribution in [0.1, 0.15) is 41.9 Å². The van der Waals surface area contributed by atoms with Crippen LogP contribution >= 0.6 is 11.8 Å². The smallest absolute Gasteiger partial charge is 0.220 e. The third-order valence-electron chi connectivity index (χ3n) is 5.86. The standard InChI is InChI=1S/C23H32FN5OS/c1-15-19(16(2)27-23(26-15)31-5)7-9-22(30)25-17(3)20-14-18(24)6-8-21(20)29-12-10-28(4)11-13-29/h6,8,14,17H,7,9-13H2,1-5H3,(H,25,30). The number of thioether (sulfide) groups is 1. The molecule has 3 rings (SSSR count). The van der Waals surface area contributed by atoms with Crippen LogP contribution in [0, 0.1) is 19.7 Å². The molecular formula is C23H32FN5OS. The van der Waals surface area contributed by atoms with Gasteiger partial charge in [-0.15, -0.1) is 0 Å². The number of anilines is 1. The monoisotopic (exact) mass is 445 g/mol. The quantitative estimate of drug-likeness (QED) is 0.520. The van der Waals surface area contributed by atoms with E-state index in [2.05, 4.69) is 32.1 Å². The Hall–Kier alpha value is -2.19. The molecular weight excluding hydrogens is 413 g/mol. The van der Waals surface area contributed by atoms with Gasteiger partial charge in [-0.25, -0.2) is 14.4 Å². The van der Waals surface area contributed by atoms with Gasteiger partial charge in [0.05, 0.1) is 6.04 Å². The minimum absolute atomic E-state index is 0.0613. The minimum atomic E-state index is -0.286. The molecule has 1 amide bonds. The fourth-order valence-corrected chi connectivity index (χ4v) is 4.46. The zero-order valence-corrected chi connectivity index (χ0v) is 19.9. The van der Waals surface area contributed by atoms with Crippen LogP contribution in [0.4, 0.5) is 10.1 Å². The molecule has 1 aromatic heterocycles. The van der Waals surface area contributed by atoms with Gasteiger partial charge in [-0.2, -0.15) is 0 Å². The number of hydrogen-bond acceptors (Lipinski definition) is 6. The lowest BCUT2D eigenvalue weighted by atomic mass is 10.0. The minimum Gasteiger partial charge on any atom is -0.369 e. The summed E-state index contributed by atoms with van der Waals surface area (Å²) in [5.41, 5.74) is 4.66. The van der Waals surface area contributed by atoms with Gasteiger partial charge in [0.25, 0.3) is 0 Å². The Labute approximate surface area is 188 Å². The zero-order chi connectivity index (χ0) is 22.5. The largest absolute Gasteiger partial charge is 0.369 e. The number of likely N-dealkylation sites (N-methyl/N-ethyl adjacent to an activating group) is 1. The Morgan fingerprint density at radius 1 is 1.19 bits per heavy atom. The van der Waals surface area contributed by atoms with Crippen molar-refractivity contribution in [2.24, 2.45) is 0 Å². The van der Waals surface area contributed by atoms with Crippen LogP contribution in [-0.4, -0.2) is 60.3 Å². The van der Waals surface area contributed by atoms with Crippen LogP contribution in [0.25, 0.3) is 0 Å². The van der Waals surface area contributed by atoms with Crippen molar-refractivity contribution in [1.82, 2.24) is 20.2 Å². The molecule has 0 spiro atoms. The predicted molar refractivity (Wildman–Crippen MR) is 124 cm³/mol. The van der Waals surface area contributed by atoms with Crippen molar-refractivity contribution in [2.75, 3.05) is 44.4 Å². The summed E-state index contributed by atoms with van der Waals surface area (Å²) >= 11 is 1.51. The van der Waals surface area contributed by atoms with Gasteiger partial charge in [-0.05, 0) is 64.3 Å². The van der Waals surface area contributed by atoms with Crippen LogP contribution in [0.15, 0.2) is 23.4 Å². The van der Waals surface area contributed by atoms with E-state index in [0.717, 1.165) is 59.5 Å². The van der Waals surface area contributed by atoms with E-state index < -0.39 is 0 Å². The predicted octanol–water partition coefficient (Wildman–Crippen LogP) is 3.52. The van der Waals surface area contributed by atoms with Gasteiger partial charge in [-0.3, -0.25) is 4.79 Å². The first kappa shape index (κ1) is 23.5. The molecule has 31 heavy (non-hydrogen) atoms. The molecule has 1 fully saturated rings. The zero-order valence-electron chi connectivity index (χ0n) is 19.0. The van der Waals surface area contributed by atoms with E-state index in [4.69, 9.17) is 0 Å². The molecule has 0 aliphatic carbocycles. The summed E-state index contributed by atoms with van der Waals surface area (Å²) in [6.45, 7) is 9.54. The number of halogens is 1. The molecule has 1 saturated heterocycles. The molecule has 6 nitrogen and oxygen atoms in total. The van der Waals surface area contributed by atoms with Gasteiger partial charge < -0.3 is 15.1 Å². The van der Waals surface area contributed by atoms with Gasteiger partial charge in [-0.1, -0.05) is 11.8 Å². The first-order valence-corrected chi connectivity index (χ1v) is 11.9. The van der Waals surface area contributed by atoms with Gasteiger partial charge >= 0.3 is 0 Å². The first-order chi connectivity index (χ1) is 14.8. The van der Waals surface area contributed by atoms with Crippen molar-refractivity contribution in [3.63, 3.8) is 0 Å². The van der Waals surface area contributed by atoms with Crippen LogP contribution in [0.3, 0.4) is 0 Å². The number of aromatic nitrogens is 2. The van der Waals surface area contributed by atoms with Crippen molar-refractivity contribution < 1.29 is 9.18 Å². The highest BCUT2D eigenvalue weighted by molar-refractivity contribution is 7.98. The number of nitrogens with zero attached hydrogens (tertiary/aromatic N) is 4. The van der Waals surface area contributed by atoms with Crippen LogP contribution in [0.2, 0.25) is 0 Å². The summed E-state index contributed by atoms with van der Waals surface area (Å²) in [5.74, 6) is -0.347. The second-order valence-corrected chi connectivity index (χ2v) is 8.92. The van der Waals surface area contributed by atoms with Crippen molar-refractivity contribution >= 4 is 23.4 Å². The van der Waals surface area contributed by atoms with E-state index in [9.17, 15) is 9.18 Å². The average Bonchev–Trinajstić information content (AvgIpc) is 2.73. The van der Waals surface area contributed by atoms with Crippen LogP contribution in [-0.2, 0) is 11.2 Å². The molecule has 0 saturated carbocycles. The summed E-state index contributed by atoms with van der Waals surface area (Å²) in [6.07, 6.45) is 2.87. The second-order valence-electron chi connectivity index (χ2n) is 8.14. The molecule has 1 aliphatic heterocycles. The highest BCUT2D eigenvalue weighted by atomic mass is 32.2. The number of amides is 1. The third kappa shape index (κ3) is 5.95. The lowest BCUT2D eigenvalue weighted by Crippen LogP contribution is -2.45. The summed E-state index contributed by atoms with van der Waals surface area (Å²) in [4.78, 5) is 26.2. The molecule has 168 valence electrons. The van der Waals surface area contributed by atoms with Gasteiger partial charge in [0, 0.05) is 55.2 Å². The molecule has 1 aliphatic rings. The van der Waals surface area contributed by atoms with Crippen molar-refractivity contribution in [3.8, 4) is 0 Å². The number of carbonyl (C=O) groups excluding carboxylic acids is 1. The van der Waals surface area contributed by atoms with E-state index in [0.29, 0.717) is 12.8 Å². The fourth-order valence-electron chi connectivity index (χ4n) is 4.00. The van der Waals surface area contributed by atoms with E-state index in [1.54, 1.807) is 6.07 Å². The number of nitrogens with one attached hydrogen (secondary N) is 1. The molecule has 0 radical (unpaired) electrons. The Morgan fingerprint density at radius 2 is 1.84 bits per heavy atom. The maximum Gasteiger partial charge on any atom is 0.220 e. The fraction of sp³-hybridized carbons (Fsp3) is 0.522. The molecule has 1 unspecified atom stereocenters. The summed E-state index contributed by atoms with van der Waals surface area (Å²) in [7, 11) is 2.11. The molecule has 1 atom stereocenters. The van der Waals surface area contributed by atoms with E-state index in [-0.39, 0.29) is 17.8 Å². The van der Waals surface area contributed by atoms with Gasteiger partial charge in [0.1, 0.15) is 5.82 Å². The number of hydrogen-bond donors (Lipinski definition) is 1. The average molecular weight is 446 g/mol. The van der Waals surface area contributed by atoms with Gasteiger partial charge in [0.15, 0.2) is 5.16 Å². The molecule has 2 heterocycles. The second kappa shape index (κ2) is 10.4. The lowest BCUT2D eigenvalue weighted by molar-refractivity contribution is -0.121. The van der Waals surface area contributed by atoms with E-state index >= 15 is 0 Å². The Kier molecular flexibility index (Phi) is 7.89. The number of benzene rings is 1. The normalized spacial score (nSPS) is 15.7. The van der Waals surface area contributed by atoms with E-state index in [1.165, 1.54) is 17.8 Å². The van der Waals surface area contributed by atoms with Gasteiger partial charge in [0.2, 0.25) is 5.91 Å². The van der Waals surface area contributed by atoms with E-state index in [1.807, 2.05) is 33.1 Å². The number of carbonyl (C=O) groups is 1. The molecule has 2 aromatic rings. The first-order valence-electron chi connectivity index (χ1n) is 10.7.